The first-order valence-electron chi connectivity index (χ1n) is 5.67. The number of rotatable bonds is 5. The number of carbonyl (C=O) groups is 2. The van der Waals surface area contributed by atoms with Gasteiger partial charge in [-0.3, -0.25) is 9.69 Å². The van der Waals surface area contributed by atoms with E-state index in [1.165, 1.54) is 17.1 Å². The second kappa shape index (κ2) is 6.05. The molecule has 1 unspecified atom stereocenters. The predicted molar refractivity (Wildman–Crippen MR) is 66.3 cm³/mol. The van der Waals surface area contributed by atoms with Gasteiger partial charge in [-0.2, -0.15) is 0 Å². The summed E-state index contributed by atoms with van der Waals surface area (Å²) in [5.74, 6) is -0.340. The molecule has 0 saturated heterocycles. The minimum Gasteiger partial charge on any atom is -0.482 e. The van der Waals surface area contributed by atoms with E-state index in [2.05, 4.69) is 13.2 Å². The Morgan fingerprint density at radius 1 is 1.56 bits per heavy atom. The van der Waals surface area contributed by atoms with Crippen molar-refractivity contribution in [2.75, 3.05) is 13.2 Å². The molecule has 0 aromatic rings. The highest BCUT2D eigenvalue weighted by atomic mass is 16.5. The molecule has 1 rings (SSSR count). The monoisotopic (exact) mass is 251 g/mol. The maximum absolute atomic E-state index is 11.9. The fraction of sp³-hybridized carbons (Fsp3) is 0.385. The molecule has 0 N–H and O–H groups in total. The van der Waals surface area contributed by atoms with E-state index < -0.39 is 12.0 Å². The van der Waals surface area contributed by atoms with Gasteiger partial charge in [-0.1, -0.05) is 13.2 Å². The summed E-state index contributed by atoms with van der Waals surface area (Å²) in [4.78, 5) is 24.9. The first-order chi connectivity index (χ1) is 8.56. The molecule has 18 heavy (non-hydrogen) atoms. The summed E-state index contributed by atoms with van der Waals surface area (Å²) in [7, 11) is 0. The molecule has 1 aliphatic heterocycles. The highest BCUT2D eigenvalue weighted by Crippen LogP contribution is 2.22. The van der Waals surface area contributed by atoms with Crippen LogP contribution in [0.2, 0.25) is 0 Å². The van der Waals surface area contributed by atoms with Crippen LogP contribution in [0.1, 0.15) is 13.8 Å². The smallest absolute Gasteiger partial charge is 0.328 e. The molecule has 5 heteroatoms. The molecule has 0 aromatic heterocycles. The second-order valence-corrected chi connectivity index (χ2v) is 3.64. The molecule has 1 atom stereocenters. The SMILES string of the molecule is C=CC1=C(C=C)N(C(C)C(=O)OCC)C(=O)CO1. The Labute approximate surface area is 106 Å². The fourth-order valence-electron chi connectivity index (χ4n) is 1.69. The third-order valence-corrected chi connectivity index (χ3v) is 2.53. The van der Waals surface area contributed by atoms with Crippen LogP contribution in [0, 0.1) is 0 Å². The number of esters is 1. The number of carbonyl (C=O) groups excluding carboxylic acids is 2. The molecular formula is C13H17NO4. The first-order valence-corrected chi connectivity index (χ1v) is 5.67. The maximum Gasteiger partial charge on any atom is 0.328 e. The van der Waals surface area contributed by atoms with E-state index in [9.17, 15) is 9.59 Å². The van der Waals surface area contributed by atoms with Crippen molar-refractivity contribution in [1.82, 2.24) is 4.90 Å². The van der Waals surface area contributed by atoms with Gasteiger partial charge in [-0.25, -0.2) is 4.79 Å². The molecule has 1 amide bonds. The quantitative estimate of drug-likeness (QED) is 0.693. The van der Waals surface area contributed by atoms with E-state index in [-0.39, 0.29) is 19.1 Å². The van der Waals surface area contributed by atoms with Crippen LogP contribution < -0.4 is 0 Å². The van der Waals surface area contributed by atoms with Crippen molar-refractivity contribution >= 4 is 11.9 Å². The van der Waals surface area contributed by atoms with Gasteiger partial charge in [0.1, 0.15) is 11.8 Å². The molecular weight excluding hydrogens is 234 g/mol. The minimum atomic E-state index is -0.718. The van der Waals surface area contributed by atoms with Crippen LogP contribution in [0.3, 0.4) is 0 Å². The Kier molecular flexibility index (Phi) is 4.71. The predicted octanol–water partition coefficient (Wildman–Crippen LogP) is 1.38. The van der Waals surface area contributed by atoms with Crippen LogP contribution in [-0.4, -0.2) is 36.0 Å². The maximum atomic E-state index is 11.9. The van der Waals surface area contributed by atoms with E-state index in [1.807, 2.05) is 0 Å². The summed E-state index contributed by atoms with van der Waals surface area (Å²) >= 11 is 0. The minimum absolute atomic E-state index is 0.123. The van der Waals surface area contributed by atoms with E-state index in [4.69, 9.17) is 9.47 Å². The highest BCUT2D eigenvalue weighted by Gasteiger charge is 2.33. The lowest BCUT2D eigenvalue weighted by Crippen LogP contribution is -2.47. The van der Waals surface area contributed by atoms with E-state index in [0.29, 0.717) is 11.5 Å². The lowest BCUT2D eigenvalue weighted by atomic mass is 10.2. The summed E-state index contributed by atoms with van der Waals surface area (Å²) in [5, 5.41) is 0. The number of hydrogen-bond acceptors (Lipinski definition) is 4. The van der Waals surface area contributed by atoms with Crippen LogP contribution in [0.5, 0.6) is 0 Å². The summed E-state index contributed by atoms with van der Waals surface area (Å²) in [6.07, 6.45) is 2.94. The first kappa shape index (κ1) is 14.0. The Hall–Kier alpha value is -2.04. The Balaban J connectivity index is 3.09. The molecule has 5 nitrogen and oxygen atoms in total. The summed E-state index contributed by atoms with van der Waals surface area (Å²) in [5.41, 5.74) is 0.432. The van der Waals surface area contributed by atoms with Crippen molar-refractivity contribution in [2.45, 2.75) is 19.9 Å². The van der Waals surface area contributed by atoms with Gasteiger partial charge in [0, 0.05) is 0 Å². The van der Waals surface area contributed by atoms with Crippen molar-refractivity contribution in [1.29, 1.82) is 0 Å². The molecule has 0 spiro atoms. The van der Waals surface area contributed by atoms with Crippen molar-refractivity contribution in [3.8, 4) is 0 Å². The van der Waals surface area contributed by atoms with Crippen molar-refractivity contribution in [3.63, 3.8) is 0 Å². The largest absolute Gasteiger partial charge is 0.482 e. The molecule has 0 radical (unpaired) electrons. The van der Waals surface area contributed by atoms with Crippen molar-refractivity contribution in [3.05, 3.63) is 36.8 Å². The van der Waals surface area contributed by atoms with Gasteiger partial charge in [-0.05, 0) is 26.0 Å². The van der Waals surface area contributed by atoms with Gasteiger partial charge < -0.3 is 9.47 Å². The average Bonchev–Trinajstić information content (AvgIpc) is 2.37. The van der Waals surface area contributed by atoms with Gasteiger partial charge in [0.05, 0.1) is 12.3 Å². The van der Waals surface area contributed by atoms with Gasteiger partial charge in [0.25, 0.3) is 5.91 Å². The van der Waals surface area contributed by atoms with Crippen molar-refractivity contribution < 1.29 is 19.1 Å². The zero-order valence-electron chi connectivity index (χ0n) is 10.6. The number of ether oxygens (including phenoxy) is 2. The highest BCUT2D eigenvalue weighted by molar-refractivity contribution is 5.87. The molecule has 0 aliphatic carbocycles. The van der Waals surface area contributed by atoms with E-state index in [0.717, 1.165) is 0 Å². The summed E-state index contributed by atoms with van der Waals surface area (Å²) in [6.45, 7) is 10.7. The standard InChI is InChI=1S/C13H17NO4/c1-5-10-11(6-2)18-8-12(15)14(10)9(4)13(16)17-7-3/h5-6,9H,1-2,7-8H2,3-4H3. The third kappa shape index (κ3) is 2.61. The van der Waals surface area contributed by atoms with Crippen LogP contribution in [0.15, 0.2) is 36.8 Å². The zero-order valence-corrected chi connectivity index (χ0v) is 10.6. The molecule has 1 heterocycles. The third-order valence-electron chi connectivity index (χ3n) is 2.53. The van der Waals surface area contributed by atoms with Crippen molar-refractivity contribution in [2.24, 2.45) is 0 Å². The molecule has 1 aliphatic rings. The van der Waals surface area contributed by atoms with Gasteiger partial charge in [0.2, 0.25) is 0 Å². The fourth-order valence-corrected chi connectivity index (χ4v) is 1.69. The Morgan fingerprint density at radius 3 is 2.72 bits per heavy atom. The number of hydrogen-bond donors (Lipinski definition) is 0. The molecule has 0 saturated carbocycles. The molecule has 0 bridgehead atoms. The topological polar surface area (TPSA) is 55.8 Å². The second-order valence-electron chi connectivity index (χ2n) is 3.64. The molecule has 98 valence electrons. The Bertz CT molecular complexity index is 411. The van der Waals surface area contributed by atoms with Crippen LogP contribution in [0.25, 0.3) is 0 Å². The Morgan fingerprint density at radius 2 is 2.22 bits per heavy atom. The zero-order chi connectivity index (χ0) is 13.7. The number of allylic oxidation sites excluding steroid dienone is 2. The van der Waals surface area contributed by atoms with Crippen LogP contribution in [-0.2, 0) is 19.1 Å². The van der Waals surface area contributed by atoms with Crippen LogP contribution >= 0.6 is 0 Å². The van der Waals surface area contributed by atoms with Gasteiger partial charge in [0.15, 0.2) is 6.61 Å². The normalized spacial score (nSPS) is 17.0. The molecule has 0 aromatic carbocycles. The lowest BCUT2D eigenvalue weighted by Gasteiger charge is -2.33. The van der Waals surface area contributed by atoms with E-state index >= 15 is 0 Å². The number of amides is 1. The lowest BCUT2D eigenvalue weighted by molar-refractivity contribution is -0.154. The van der Waals surface area contributed by atoms with Gasteiger partial charge in [-0.15, -0.1) is 0 Å². The van der Waals surface area contributed by atoms with E-state index in [1.54, 1.807) is 13.8 Å². The van der Waals surface area contributed by atoms with Crippen LogP contribution in [0.4, 0.5) is 0 Å². The average molecular weight is 251 g/mol. The van der Waals surface area contributed by atoms with Gasteiger partial charge >= 0.3 is 5.97 Å². The summed E-state index contributed by atoms with van der Waals surface area (Å²) in [6, 6.07) is -0.718. The number of nitrogens with zero attached hydrogens (tertiary/aromatic N) is 1. The molecule has 0 fully saturated rings. The summed E-state index contributed by atoms with van der Waals surface area (Å²) < 4.78 is 10.1.